The zero-order chi connectivity index (χ0) is 15.1. The van der Waals surface area contributed by atoms with Gasteiger partial charge in [0, 0.05) is 12.5 Å². The van der Waals surface area contributed by atoms with Gasteiger partial charge in [-0.15, -0.1) is 0 Å². The molecule has 1 heterocycles. The molecule has 1 aromatic carbocycles. The Hall–Kier alpha value is -1.000. The highest BCUT2D eigenvalue weighted by molar-refractivity contribution is 7.99. The highest BCUT2D eigenvalue weighted by Crippen LogP contribution is 2.25. The van der Waals surface area contributed by atoms with Crippen molar-refractivity contribution in [3.05, 3.63) is 35.9 Å². The van der Waals surface area contributed by atoms with Gasteiger partial charge in [0.25, 0.3) is 0 Å². The number of thioether (sulfide) groups is 1. The molecule has 1 aliphatic heterocycles. The van der Waals surface area contributed by atoms with E-state index in [1.54, 1.807) is 0 Å². The van der Waals surface area contributed by atoms with E-state index in [9.17, 15) is 9.90 Å². The van der Waals surface area contributed by atoms with Gasteiger partial charge in [0.05, 0.1) is 6.10 Å². The smallest absolute Gasteiger partial charge is 0.220 e. The third-order valence-corrected chi connectivity index (χ3v) is 5.03. The first kappa shape index (κ1) is 16.4. The minimum atomic E-state index is -0.521. The van der Waals surface area contributed by atoms with E-state index in [0.717, 1.165) is 18.4 Å². The molecule has 116 valence electrons. The number of carbonyl (C=O) groups excluding carboxylic acids is 1. The second kappa shape index (κ2) is 8.44. The average molecular weight is 307 g/mol. The third-order valence-electron chi connectivity index (χ3n) is 3.98. The summed E-state index contributed by atoms with van der Waals surface area (Å²) in [5, 5.41) is 13.2. The van der Waals surface area contributed by atoms with Gasteiger partial charge in [-0.2, -0.15) is 11.8 Å². The van der Waals surface area contributed by atoms with Gasteiger partial charge < -0.3 is 10.4 Å². The van der Waals surface area contributed by atoms with E-state index >= 15 is 0 Å². The quantitative estimate of drug-likeness (QED) is 0.849. The fourth-order valence-corrected chi connectivity index (χ4v) is 3.96. The third kappa shape index (κ3) is 5.71. The van der Waals surface area contributed by atoms with Crippen LogP contribution < -0.4 is 5.32 Å². The number of aliphatic hydroxyl groups excluding tert-OH is 1. The summed E-state index contributed by atoms with van der Waals surface area (Å²) in [5.74, 6) is 3.03. The molecule has 2 unspecified atom stereocenters. The Morgan fingerprint density at radius 3 is 2.67 bits per heavy atom. The van der Waals surface area contributed by atoms with Gasteiger partial charge in [0.2, 0.25) is 5.91 Å². The molecule has 0 radical (unpaired) electrons. The van der Waals surface area contributed by atoms with Crippen LogP contribution in [0.1, 0.15) is 44.3 Å². The Bertz CT molecular complexity index is 432. The molecule has 1 amide bonds. The van der Waals surface area contributed by atoms with E-state index < -0.39 is 6.10 Å². The summed E-state index contributed by atoms with van der Waals surface area (Å²) in [4.78, 5) is 12.0. The molecular weight excluding hydrogens is 282 g/mol. The Balaban J connectivity index is 1.73. The normalized spacial score (nSPS) is 19.0. The number of amides is 1. The molecule has 1 aromatic rings. The fourth-order valence-electron chi connectivity index (χ4n) is 2.75. The number of rotatable bonds is 6. The topological polar surface area (TPSA) is 49.3 Å². The van der Waals surface area contributed by atoms with Crippen LogP contribution in [0.2, 0.25) is 0 Å². The van der Waals surface area contributed by atoms with Crippen molar-refractivity contribution in [2.45, 2.75) is 44.8 Å². The van der Waals surface area contributed by atoms with E-state index in [1.165, 1.54) is 11.5 Å². The predicted octanol–water partition coefficient (Wildman–Crippen LogP) is 3.15. The Morgan fingerprint density at radius 2 is 2.00 bits per heavy atom. The second-order valence-corrected chi connectivity index (χ2v) is 7.12. The van der Waals surface area contributed by atoms with Crippen LogP contribution in [0.25, 0.3) is 0 Å². The van der Waals surface area contributed by atoms with Crippen molar-refractivity contribution in [1.29, 1.82) is 0 Å². The molecule has 21 heavy (non-hydrogen) atoms. The largest absolute Gasteiger partial charge is 0.388 e. The van der Waals surface area contributed by atoms with E-state index in [1.807, 2.05) is 49.0 Å². The summed E-state index contributed by atoms with van der Waals surface area (Å²) in [6, 6.07) is 9.60. The number of benzene rings is 1. The van der Waals surface area contributed by atoms with Crippen LogP contribution in [0, 0.1) is 5.92 Å². The highest BCUT2D eigenvalue weighted by atomic mass is 32.2. The maximum atomic E-state index is 12.0. The molecule has 0 saturated carbocycles. The van der Waals surface area contributed by atoms with Crippen molar-refractivity contribution in [2.24, 2.45) is 5.92 Å². The second-order valence-electron chi connectivity index (χ2n) is 5.89. The molecule has 3 nitrogen and oxygen atoms in total. The lowest BCUT2D eigenvalue weighted by molar-refractivity contribution is -0.122. The average Bonchev–Trinajstić information content (AvgIpc) is 2.48. The summed E-state index contributed by atoms with van der Waals surface area (Å²) >= 11 is 1.98. The van der Waals surface area contributed by atoms with Crippen molar-refractivity contribution in [3.8, 4) is 0 Å². The van der Waals surface area contributed by atoms with E-state index in [-0.39, 0.29) is 11.9 Å². The summed E-state index contributed by atoms with van der Waals surface area (Å²) in [7, 11) is 0. The van der Waals surface area contributed by atoms with E-state index in [4.69, 9.17) is 0 Å². The lowest BCUT2D eigenvalue weighted by Crippen LogP contribution is -2.35. The van der Waals surface area contributed by atoms with E-state index in [0.29, 0.717) is 18.8 Å². The lowest BCUT2D eigenvalue weighted by Gasteiger charge is -2.23. The summed E-state index contributed by atoms with van der Waals surface area (Å²) < 4.78 is 0. The minimum Gasteiger partial charge on any atom is -0.388 e. The van der Waals surface area contributed by atoms with Crippen molar-refractivity contribution < 1.29 is 9.90 Å². The van der Waals surface area contributed by atoms with Gasteiger partial charge in [0.15, 0.2) is 0 Å². The van der Waals surface area contributed by atoms with Gasteiger partial charge in [-0.1, -0.05) is 30.3 Å². The standard InChI is InChI=1S/C17H25NO2S/c1-13(11-16(19)15-5-3-2-4-6-15)18-17(20)12-14-7-9-21-10-8-14/h2-6,13-14,16,19H,7-12H2,1H3,(H,18,20). The number of hydrogen-bond acceptors (Lipinski definition) is 3. The van der Waals surface area contributed by atoms with Crippen LogP contribution in [-0.4, -0.2) is 28.6 Å². The van der Waals surface area contributed by atoms with Crippen LogP contribution in [0.3, 0.4) is 0 Å². The maximum absolute atomic E-state index is 12.0. The van der Waals surface area contributed by atoms with Crippen molar-refractivity contribution >= 4 is 17.7 Å². The van der Waals surface area contributed by atoms with Crippen LogP contribution in [0.4, 0.5) is 0 Å². The zero-order valence-corrected chi connectivity index (χ0v) is 13.4. The van der Waals surface area contributed by atoms with Gasteiger partial charge >= 0.3 is 0 Å². The monoisotopic (exact) mass is 307 g/mol. The Morgan fingerprint density at radius 1 is 1.33 bits per heavy atom. The Labute approximate surface area is 131 Å². The lowest BCUT2D eigenvalue weighted by atomic mass is 9.98. The van der Waals surface area contributed by atoms with Crippen LogP contribution in [-0.2, 0) is 4.79 Å². The van der Waals surface area contributed by atoms with Gasteiger partial charge in [-0.25, -0.2) is 0 Å². The molecular formula is C17H25NO2S. The molecule has 1 aliphatic rings. The van der Waals surface area contributed by atoms with Gasteiger partial charge in [-0.05, 0) is 49.2 Å². The maximum Gasteiger partial charge on any atom is 0.220 e. The molecule has 0 bridgehead atoms. The first-order valence-corrected chi connectivity index (χ1v) is 8.90. The molecule has 2 N–H and O–H groups in total. The molecule has 4 heteroatoms. The van der Waals surface area contributed by atoms with E-state index in [2.05, 4.69) is 5.32 Å². The molecule has 2 rings (SSSR count). The van der Waals surface area contributed by atoms with Crippen LogP contribution in [0.5, 0.6) is 0 Å². The summed E-state index contributed by atoms with van der Waals surface area (Å²) in [6.07, 6.45) is 2.97. The van der Waals surface area contributed by atoms with Gasteiger partial charge in [0.1, 0.15) is 0 Å². The minimum absolute atomic E-state index is 0.00864. The first-order chi connectivity index (χ1) is 10.1. The summed E-state index contributed by atoms with van der Waals surface area (Å²) in [6.45, 7) is 1.96. The van der Waals surface area contributed by atoms with Crippen LogP contribution >= 0.6 is 11.8 Å². The number of nitrogens with one attached hydrogen (secondary N) is 1. The van der Waals surface area contributed by atoms with Gasteiger partial charge in [-0.3, -0.25) is 4.79 Å². The number of hydrogen-bond donors (Lipinski definition) is 2. The Kier molecular flexibility index (Phi) is 6.58. The molecule has 0 spiro atoms. The van der Waals surface area contributed by atoms with Crippen molar-refractivity contribution in [3.63, 3.8) is 0 Å². The SMILES string of the molecule is CC(CC(O)c1ccccc1)NC(=O)CC1CCSCC1. The predicted molar refractivity (Wildman–Crippen MR) is 88.3 cm³/mol. The van der Waals surface area contributed by atoms with Crippen molar-refractivity contribution in [2.75, 3.05) is 11.5 Å². The molecule has 1 saturated heterocycles. The number of aliphatic hydroxyl groups is 1. The fraction of sp³-hybridized carbons (Fsp3) is 0.588. The molecule has 2 atom stereocenters. The van der Waals surface area contributed by atoms with Crippen LogP contribution in [0.15, 0.2) is 30.3 Å². The van der Waals surface area contributed by atoms with Crippen molar-refractivity contribution in [1.82, 2.24) is 5.32 Å². The molecule has 1 fully saturated rings. The molecule has 0 aromatic heterocycles. The first-order valence-electron chi connectivity index (χ1n) is 7.75. The summed E-state index contributed by atoms with van der Waals surface area (Å²) in [5.41, 5.74) is 0.905. The highest BCUT2D eigenvalue weighted by Gasteiger charge is 2.19. The number of carbonyl (C=O) groups is 1. The molecule has 0 aliphatic carbocycles. The zero-order valence-electron chi connectivity index (χ0n) is 12.6.